The van der Waals surface area contributed by atoms with Crippen molar-refractivity contribution in [2.45, 2.75) is 19.3 Å². The Morgan fingerprint density at radius 2 is 1.96 bits per heavy atom. The molecule has 0 saturated heterocycles. The van der Waals surface area contributed by atoms with Gasteiger partial charge < -0.3 is 14.0 Å². The number of alkyl halides is 3. The van der Waals surface area contributed by atoms with E-state index in [1.165, 1.54) is 7.11 Å². The number of benzene rings is 1. The molecule has 0 bridgehead atoms. The molecule has 0 radical (unpaired) electrons. The zero-order chi connectivity index (χ0) is 17.7. The number of ether oxygens (including phenoxy) is 2. The van der Waals surface area contributed by atoms with Crippen LogP contribution in [0.5, 0.6) is 5.75 Å². The third-order valence-electron chi connectivity index (χ3n) is 3.16. The first-order valence-corrected chi connectivity index (χ1v) is 6.86. The molecule has 5 nitrogen and oxygen atoms in total. The highest BCUT2D eigenvalue weighted by atomic mass is 19.4. The van der Waals surface area contributed by atoms with E-state index >= 15 is 0 Å². The molecule has 0 amide bonds. The fourth-order valence-electron chi connectivity index (χ4n) is 1.99. The number of esters is 1. The molecule has 1 aromatic carbocycles. The maximum Gasteiger partial charge on any atom is 0.421 e. The van der Waals surface area contributed by atoms with Gasteiger partial charge in [-0.15, -0.1) is 0 Å². The first-order valence-electron chi connectivity index (χ1n) is 6.86. The van der Waals surface area contributed by atoms with Crippen molar-refractivity contribution in [3.8, 4) is 5.75 Å². The summed E-state index contributed by atoms with van der Waals surface area (Å²) in [6.45, 7) is -0.684. The van der Waals surface area contributed by atoms with Gasteiger partial charge in [-0.25, -0.2) is 0 Å². The number of rotatable bonds is 5. The van der Waals surface area contributed by atoms with Gasteiger partial charge in [-0.2, -0.15) is 13.2 Å². The Balaban J connectivity index is 2.04. The van der Waals surface area contributed by atoms with Gasteiger partial charge in [0.15, 0.2) is 0 Å². The van der Waals surface area contributed by atoms with Crippen LogP contribution in [-0.4, -0.2) is 17.6 Å². The SMILES string of the molecule is COc1cccc(COC(=O)Cn2cccc(C(F)(F)F)c2=O)c1. The second-order valence-corrected chi connectivity index (χ2v) is 4.86. The highest BCUT2D eigenvalue weighted by Crippen LogP contribution is 2.25. The van der Waals surface area contributed by atoms with E-state index in [1.54, 1.807) is 24.3 Å². The van der Waals surface area contributed by atoms with Crippen molar-refractivity contribution in [1.82, 2.24) is 4.57 Å². The first kappa shape index (κ1) is 17.6. The van der Waals surface area contributed by atoms with Crippen LogP contribution in [0.25, 0.3) is 0 Å². The van der Waals surface area contributed by atoms with Gasteiger partial charge in [-0.05, 0) is 29.8 Å². The maximum atomic E-state index is 12.7. The van der Waals surface area contributed by atoms with Crippen LogP contribution < -0.4 is 10.3 Å². The van der Waals surface area contributed by atoms with Crippen LogP contribution in [0.15, 0.2) is 47.4 Å². The van der Waals surface area contributed by atoms with Gasteiger partial charge in [-0.1, -0.05) is 12.1 Å². The number of carbonyl (C=O) groups is 1. The van der Waals surface area contributed by atoms with Crippen LogP contribution in [0.4, 0.5) is 13.2 Å². The van der Waals surface area contributed by atoms with Crippen LogP contribution in [-0.2, 0) is 28.9 Å². The van der Waals surface area contributed by atoms with Crippen molar-refractivity contribution in [2.75, 3.05) is 7.11 Å². The van der Waals surface area contributed by atoms with Crippen LogP contribution in [0.1, 0.15) is 11.1 Å². The van der Waals surface area contributed by atoms with E-state index in [1.807, 2.05) is 0 Å². The predicted octanol–water partition coefficient (Wildman–Crippen LogP) is 2.62. The average Bonchev–Trinajstić information content (AvgIpc) is 2.54. The monoisotopic (exact) mass is 341 g/mol. The Morgan fingerprint density at radius 1 is 1.21 bits per heavy atom. The zero-order valence-electron chi connectivity index (χ0n) is 12.7. The van der Waals surface area contributed by atoms with Crippen molar-refractivity contribution in [3.05, 3.63) is 64.1 Å². The summed E-state index contributed by atoms with van der Waals surface area (Å²) in [7, 11) is 1.49. The molecular weight excluding hydrogens is 327 g/mol. The fourth-order valence-corrected chi connectivity index (χ4v) is 1.99. The van der Waals surface area contributed by atoms with Crippen LogP contribution in [0.3, 0.4) is 0 Å². The van der Waals surface area contributed by atoms with Gasteiger partial charge in [0.25, 0.3) is 5.56 Å². The lowest BCUT2D eigenvalue weighted by Gasteiger charge is -2.10. The fraction of sp³-hybridized carbons (Fsp3) is 0.250. The van der Waals surface area contributed by atoms with Crippen molar-refractivity contribution in [1.29, 1.82) is 0 Å². The summed E-state index contributed by atoms with van der Waals surface area (Å²) < 4.78 is 48.7. The third-order valence-corrected chi connectivity index (χ3v) is 3.16. The smallest absolute Gasteiger partial charge is 0.421 e. The summed E-state index contributed by atoms with van der Waals surface area (Å²) in [6, 6.07) is 8.50. The van der Waals surface area contributed by atoms with Crippen LogP contribution >= 0.6 is 0 Å². The minimum absolute atomic E-state index is 0.0796. The van der Waals surface area contributed by atoms with E-state index < -0.39 is 29.8 Å². The van der Waals surface area contributed by atoms with Crippen LogP contribution in [0, 0.1) is 0 Å². The number of nitrogens with zero attached hydrogens (tertiary/aromatic N) is 1. The standard InChI is InChI=1S/C16H14F3NO4/c1-23-12-5-2-4-11(8-12)10-24-14(21)9-20-7-3-6-13(15(20)22)16(17,18)19/h2-8H,9-10H2,1H3. The van der Waals surface area contributed by atoms with Crippen molar-refractivity contribution >= 4 is 5.97 Å². The van der Waals surface area contributed by atoms with Crippen molar-refractivity contribution in [2.24, 2.45) is 0 Å². The molecule has 24 heavy (non-hydrogen) atoms. The molecule has 128 valence electrons. The highest BCUT2D eigenvalue weighted by Gasteiger charge is 2.34. The molecule has 0 unspecified atom stereocenters. The largest absolute Gasteiger partial charge is 0.497 e. The number of hydrogen-bond donors (Lipinski definition) is 0. The number of halogens is 3. The molecule has 1 aromatic heterocycles. The van der Waals surface area contributed by atoms with E-state index in [0.717, 1.165) is 12.3 Å². The molecule has 8 heteroatoms. The minimum Gasteiger partial charge on any atom is -0.497 e. The zero-order valence-corrected chi connectivity index (χ0v) is 12.7. The number of carbonyl (C=O) groups excluding carboxylic acids is 1. The first-order chi connectivity index (χ1) is 11.3. The van der Waals surface area contributed by atoms with Crippen LogP contribution in [0.2, 0.25) is 0 Å². The molecule has 0 N–H and O–H groups in total. The molecular formula is C16H14F3NO4. The van der Waals surface area contributed by atoms with E-state index in [-0.39, 0.29) is 6.61 Å². The summed E-state index contributed by atoms with van der Waals surface area (Å²) >= 11 is 0. The van der Waals surface area contributed by atoms with E-state index in [4.69, 9.17) is 9.47 Å². The lowest BCUT2D eigenvalue weighted by atomic mass is 10.2. The maximum absolute atomic E-state index is 12.7. The molecule has 2 rings (SSSR count). The van der Waals surface area contributed by atoms with E-state index in [2.05, 4.69) is 0 Å². The number of hydrogen-bond acceptors (Lipinski definition) is 4. The Morgan fingerprint density at radius 3 is 2.62 bits per heavy atom. The number of aromatic nitrogens is 1. The summed E-state index contributed by atoms with van der Waals surface area (Å²) in [6.07, 6.45) is -3.67. The second kappa shape index (κ2) is 7.20. The summed E-state index contributed by atoms with van der Waals surface area (Å²) in [5, 5.41) is 0. The Labute approximate surface area is 135 Å². The summed E-state index contributed by atoms with van der Waals surface area (Å²) in [5.41, 5.74) is -1.96. The van der Waals surface area contributed by atoms with Crippen molar-refractivity contribution < 1.29 is 27.4 Å². The Kier molecular flexibility index (Phi) is 5.28. The molecule has 0 aliphatic carbocycles. The molecule has 0 fully saturated rings. The van der Waals surface area contributed by atoms with E-state index in [9.17, 15) is 22.8 Å². The lowest BCUT2D eigenvalue weighted by Crippen LogP contribution is -2.30. The predicted molar refractivity (Wildman–Crippen MR) is 78.5 cm³/mol. The highest BCUT2D eigenvalue weighted by molar-refractivity contribution is 5.69. The molecule has 2 aromatic rings. The third kappa shape index (κ3) is 4.37. The van der Waals surface area contributed by atoms with Gasteiger partial charge >= 0.3 is 12.1 Å². The summed E-state index contributed by atoms with van der Waals surface area (Å²) in [5.74, 6) is -0.239. The minimum atomic E-state index is -4.77. The van der Waals surface area contributed by atoms with Gasteiger partial charge in [-0.3, -0.25) is 9.59 Å². The van der Waals surface area contributed by atoms with Gasteiger partial charge in [0.1, 0.15) is 24.5 Å². The Hall–Kier alpha value is -2.77. The molecule has 0 spiro atoms. The number of methoxy groups -OCH3 is 1. The average molecular weight is 341 g/mol. The molecule has 0 atom stereocenters. The Bertz CT molecular complexity index is 783. The quantitative estimate of drug-likeness (QED) is 0.785. The molecule has 0 aliphatic rings. The lowest BCUT2D eigenvalue weighted by molar-refractivity contribution is -0.146. The van der Waals surface area contributed by atoms with Gasteiger partial charge in [0.05, 0.1) is 7.11 Å². The molecule has 0 aliphatic heterocycles. The molecule has 0 saturated carbocycles. The van der Waals surface area contributed by atoms with Crippen molar-refractivity contribution in [3.63, 3.8) is 0 Å². The molecule has 1 heterocycles. The van der Waals surface area contributed by atoms with Gasteiger partial charge in [0.2, 0.25) is 0 Å². The normalized spacial score (nSPS) is 11.2. The number of pyridine rings is 1. The second-order valence-electron chi connectivity index (χ2n) is 4.86. The van der Waals surface area contributed by atoms with Gasteiger partial charge in [0, 0.05) is 6.20 Å². The topological polar surface area (TPSA) is 57.5 Å². The summed E-state index contributed by atoms with van der Waals surface area (Å²) in [4.78, 5) is 23.5. The van der Waals surface area contributed by atoms with E-state index in [0.29, 0.717) is 21.9 Å².